The van der Waals surface area contributed by atoms with E-state index < -0.39 is 0 Å². The summed E-state index contributed by atoms with van der Waals surface area (Å²) in [6, 6.07) is 91.4. The van der Waals surface area contributed by atoms with E-state index in [-0.39, 0.29) is 0 Å². The molecule has 1 aliphatic heterocycles. The van der Waals surface area contributed by atoms with Crippen molar-refractivity contribution < 1.29 is 0 Å². The maximum atomic E-state index is 10.2. The summed E-state index contributed by atoms with van der Waals surface area (Å²) in [6.45, 7) is 0.745. The predicted octanol–water partition coefficient (Wildman–Crippen LogP) is 18.5. The van der Waals surface area contributed by atoms with Crippen molar-refractivity contribution >= 4 is 76.0 Å². The number of fused-ring (bicyclic) bond motifs is 4. The molecule has 0 fully saturated rings. The average Bonchev–Trinajstić information content (AvgIpc) is 3.43. The van der Waals surface area contributed by atoms with Gasteiger partial charge in [-0.25, -0.2) is 0 Å². The monoisotopic (exact) mass is 886 g/mol. The first-order valence-corrected chi connectivity index (χ1v) is 24.1. The number of nitrogens with zero attached hydrogens (tertiary/aromatic N) is 2. The van der Waals surface area contributed by atoms with Crippen molar-refractivity contribution in [1.29, 1.82) is 5.26 Å². The van der Waals surface area contributed by atoms with Gasteiger partial charge < -0.3 is 4.90 Å². The van der Waals surface area contributed by atoms with E-state index in [4.69, 9.17) is 0 Å². The average molecular weight is 887 g/mol. The van der Waals surface area contributed by atoms with Gasteiger partial charge in [0.05, 0.1) is 11.6 Å². The van der Waals surface area contributed by atoms with Gasteiger partial charge in [-0.3, -0.25) is 0 Å². The summed E-state index contributed by atoms with van der Waals surface area (Å²) >= 11 is 0. The van der Waals surface area contributed by atoms with E-state index >= 15 is 0 Å². The highest BCUT2D eigenvalue weighted by Crippen LogP contribution is 2.49. The summed E-state index contributed by atoms with van der Waals surface area (Å²) in [4.78, 5) is 2.41. The minimum Gasteiger partial charge on any atom is -0.336 e. The first-order valence-electron chi connectivity index (χ1n) is 24.1. The second kappa shape index (κ2) is 15.9. The molecule has 0 aromatic heterocycles. The molecule has 14 rings (SSSR count). The molecule has 2 heteroatoms. The van der Waals surface area contributed by atoms with Crippen LogP contribution in [0, 0.1) is 11.3 Å². The zero-order valence-corrected chi connectivity index (χ0v) is 38.2. The number of hydrogen-bond donors (Lipinski definition) is 0. The number of rotatable bonds is 6. The van der Waals surface area contributed by atoms with Crippen LogP contribution in [0.15, 0.2) is 243 Å². The first kappa shape index (κ1) is 39.8. The van der Waals surface area contributed by atoms with Gasteiger partial charge in [0, 0.05) is 28.7 Å². The van der Waals surface area contributed by atoms with Gasteiger partial charge in [0.15, 0.2) is 0 Å². The van der Waals surface area contributed by atoms with Gasteiger partial charge in [-0.15, -0.1) is 0 Å². The maximum absolute atomic E-state index is 10.2. The van der Waals surface area contributed by atoms with Crippen molar-refractivity contribution in [3.05, 3.63) is 254 Å². The normalized spacial score (nSPS) is 12.2. The quantitative estimate of drug-likeness (QED) is 0.123. The SMILES string of the molecule is N#Cc1ccc2c3c1ccc1c(-c4ccc(-c5ccc6c(-c7ccc8ccccc8c7)c7cc(-c8ccccc8)ccc7c(-c7ccc8ccccc8c7)c6c5)cc4)ccc(c13)N(c1ccccc1)C2. The first-order chi connectivity index (χ1) is 34.6. The minimum absolute atomic E-state index is 0.711. The van der Waals surface area contributed by atoms with Gasteiger partial charge in [-0.1, -0.05) is 194 Å². The van der Waals surface area contributed by atoms with Crippen LogP contribution in [0.1, 0.15) is 11.1 Å². The summed E-state index contributed by atoms with van der Waals surface area (Å²) in [5.41, 5.74) is 16.2. The van der Waals surface area contributed by atoms with Crippen LogP contribution < -0.4 is 4.90 Å². The smallest absolute Gasteiger partial charge is 0.0998 e. The Labute approximate surface area is 406 Å². The minimum atomic E-state index is 0.711. The summed E-state index contributed by atoms with van der Waals surface area (Å²) < 4.78 is 0. The highest BCUT2D eigenvalue weighted by atomic mass is 15.1. The Morgan fingerprint density at radius 1 is 0.329 bits per heavy atom. The predicted molar refractivity (Wildman–Crippen MR) is 296 cm³/mol. The Bertz CT molecular complexity index is 4320. The third-order valence-corrected chi connectivity index (χ3v) is 14.9. The molecule has 0 amide bonds. The summed E-state index contributed by atoms with van der Waals surface area (Å²) in [6.07, 6.45) is 0. The Morgan fingerprint density at radius 3 is 1.44 bits per heavy atom. The lowest BCUT2D eigenvalue weighted by Crippen LogP contribution is -2.20. The number of anilines is 2. The van der Waals surface area contributed by atoms with Crippen LogP contribution in [0.5, 0.6) is 0 Å². The molecule has 1 heterocycles. The zero-order valence-electron chi connectivity index (χ0n) is 38.2. The van der Waals surface area contributed by atoms with Crippen LogP contribution in [-0.4, -0.2) is 0 Å². The van der Waals surface area contributed by atoms with E-state index in [9.17, 15) is 5.26 Å². The maximum Gasteiger partial charge on any atom is 0.0998 e. The third kappa shape index (κ3) is 6.33. The van der Waals surface area contributed by atoms with Crippen molar-refractivity contribution in [1.82, 2.24) is 0 Å². The zero-order chi connectivity index (χ0) is 46.3. The molecule has 13 aromatic carbocycles. The fourth-order valence-corrected chi connectivity index (χ4v) is 11.5. The lowest BCUT2D eigenvalue weighted by atomic mass is 9.83. The summed E-state index contributed by atoms with van der Waals surface area (Å²) in [5, 5.41) is 24.6. The van der Waals surface area contributed by atoms with E-state index in [0.29, 0.717) is 5.56 Å². The molecule has 0 N–H and O–H groups in total. The molecular formula is C68H42N2. The van der Waals surface area contributed by atoms with E-state index in [1.807, 2.05) is 6.07 Å². The molecule has 0 aliphatic carbocycles. The molecule has 13 aromatic rings. The van der Waals surface area contributed by atoms with Crippen molar-refractivity contribution in [2.24, 2.45) is 0 Å². The highest BCUT2D eigenvalue weighted by Gasteiger charge is 2.25. The van der Waals surface area contributed by atoms with Crippen LogP contribution in [0.3, 0.4) is 0 Å². The van der Waals surface area contributed by atoms with Gasteiger partial charge in [0.2, 0.25) is 0 Å². The molecule has 1 aliphatic rings. The fraction of sp³-hybridized carbons (Fsp3) is 0.0147. The molecular weight excluding hydrogens is 845 g/mol. The van der Waals surface area contributed by atoms with E-state index in [2.05, 4.69) is 248 Å². The second-order valence-corrected chi connectivity index (χ2v) is 18.7. The van der Waals surface area contributed by atoms with Gasteiger partial charge in [-0.05, 0) is 164 Å². The molecule has 0 saturated carbocycles. The van der Waals surface area contributed by atoms with Gasteiger partial charge in [0.25, 0.3) is 0 Å². The molecule has 2 nitrogen and oxygen atoms in total. The van der Waals surface area contributed by atoms with Crippen LogP contribution in [0.2, 0.25) is 0 Å². The van der Waals surface area contributed by atoms with Gasteiger partial charge in [-0.2, -0.15) is 5.26 Å². The lowest BCUT2D eigenvalue weighted by molar-refractivity contribution is 0.982. The lowest BCUT2D eigenvalue weighted by Gasteiger charge is -2.32. The van der Waals surface area contributed by atoms with Crippen molar-refractivity contribution in [3.63, 3.8) is 0 Å². The van der Waals surface area contributed by atoms with Gasteiger partial charge in [0.1, 0.15) is 0 Å². The Kier molecular flexibility index (Phi) is 9.06. The van der Waals surface area contributed by atoms with Crippen LogP contribution in [0.25, 0.3) is 120 Å². The molecule has 0 saturated heterocycles. The van der Waals surface area contributed by atoms with Gasteiger partial charge >= 0.3 is 0 Å². The summed E-state index contributed by atoms with van der Waals surface area (Å²) in [7, 11) is 0. The van der Waals surface area contributed by atoms with Crippen molar-refractivity contribution in [3.8, 4) is 61.7 Å². The third-order valence-electron chi connectivity index (χ3n) is 14.9. The Hall–Kier alpha value is -9.29. The van der Waals surface area contributed by atoms with E-state index in [1.165, 1.54) is 115 Å². The number of hydrogen-bond acceptors (Lipinski definition) is 2. The Morgan fingerprint density at radius 2 is 0.829 bits per heavy atom. The second-order valence-electron chi connectivity index (χ2n) is 18.7. The van der Waals surface area contributed by atoms with Crippen LogP contribution >= 0.6 is 0 Å². The number of nitriles is 1. The van der Waals surface area contributed by atoms with Crippen LogP contribution in [-0.2, 0) is 6.54 Å². The van der Waals surface area contributed by atoms with E-state index in [1.54, 1.807) is 0 Å². The molecule has 324 valence electrons. The molecule has 0 atom stereocenters. The molecule has 0 bridgehead atoms. The van der Waals surface area contributed by atoms with E-state index in [0.717, 1.165) is 28.7 Å². The molecule has 0 spiro atoms. The standard InChI is InChI=1S/C68H42N2/c69-41-54-27-28-55-42-70(56-17-5-2-6-18-56)64-36-35-57(59-34-33-58(54)67(55)68(59)64)47-23-19-46(20-24-47)51-30-32-61-63(40-51)66(53-26-22-45-14-8-10-16-49(45)38-53)60-31-29-50(43-11-3-1-4-12-43)39-62(60)65(61)52-25-21-44-13-7-9-15-48(44)37-52/h1-40H,42H2. The largest absolute Gasteiger partial charge is 0.336 e. The number of para-hydroxylation sites is 1. The van der Waals surface area contributed by atoms with Crippen LogP contribution in [0.4, 0.5) is 11.4 Å². The fourth-order valence-electron chi connectivity index (χ4n) is 11.5. The topological polar surface area (TPSA) is 27.0 Å². The molecule has 0 radical (unpaired) electrons. The van der Waals surface area contributed by atoms with Crippen molar-refractivity contribution in [2.45, 2.75) is 6.54 Å². The molecule has 0 unspecified atom stereocenters. The number of benzene rings is 13. The summed E-state index contributed by atoms with van der Waals surface area (Å²) in [5.74, 6) is 0. The Balaban J connectivity index is 0.969. The highest BCUT2D eigenvalue weighted by molar-refractivity contribution is 6.24. The molecule has 70 heavy (non-hydrogen) atoms. The van der Waals surface area contributed by atoms with Crippen molar-refractivity contribution in [2.75, 3.05) is 4.90 Å².